The van der Waals surface area contributed by atoms with E-state index < -0.39 is 5.97 Å². The Balaban J connectivity index is 1.95. The van der Waals surface area contributed by atoms with Crippen molar-refractivity contribution in [1.29, 1.82) is 0 Å². The van der Waals surface area contributed by atoms with Crippen molar-refractivity contribution in [2.75, 3.05) is 6.61 Å². The van der Waals surface area contributed by atoms with Crippen molar-refractivity contribution >= 4 is 34.3 Å². The van der Waals surface area contributed by atoms with Gasteiger partial charge in [0.15, 0.2) is 5.78 Å². The van der Waals surface area contributed by atoms with Gasteiger partial charge in [-0.1, -0.05) is 11.6 Å². The molecule has 8 heteroatoms. The third-order valence-corrected chi connectivity index (χ3v) is 4.53. The minimum atomic E-state index is -0.482. The molecule has 0 spiro atoms. The molecule has 0 fully saturated rings. The van der Waals surface area contributed by atoms with Crippen molar-refractivity contribution < 1.29 is 14.3 Å². The number of carbonyl (C=O) groups is 2. The highest BCUT2D eigenvalue weighted by Crippen LogP contribution is 2.20. The molecule has 0 amide bonds. The second kappa shape index (κ2) is 7.36. The summed E-state index contributed by atoms with van der Waals surface area (Å²) in [4.78, 5) is 44.5. The van der Waals surface area contributed by atoms with Gasteiger partial charge in [0, 0.05) is 10.7 Å². The molecule has 2 aromatic heterocycles. The third-order valence-electron chi connectivity index (χ3n) is 4.30. The maximum absolute atomic E-state index is 12.7. The first-order chi connectivity index (χ1) is 12.8. The molecule has 140 valence electrons. The van der Waals surface area contributed by atoms with E-state index in [4.69, 9.17) is 16.3 Å². The number of ketones is 1. The molecular weight excluding hydrogens is 370 g/mol. The number of nitrogens with one attached hydrogen (secondary N) is 1. The highest BCUT2D eigenvalue weighted by atomic mass is 35.5. The molecule has 0 bridgehead atoms. The lowest BCUT2D eigenvalue weighted by Gasteiger charge is -2.06. The van der Waals surface area contributed by atoms with E-state index in [1.165, 1.54) is 10.9 Å². The number of fused-ring (bicyclic) bond motifs is 1. The molecule has 0 saturated heterocycles. The van der Waals surface area contributed by atoms with Crippen LogP contribution in [0.1, 0.15) is 39.0 Å². The van der Waals surface area contributed by atoms with Crippen LogP contribution < -0.4 is 5.56 Å². The minimum absolute atomic E-state index is 0.201. The van der Waals surface area contributed by atoms with Crippen LogP contribution >= 0.6 is 11.6 Å². The predicted octanol–water partition coefficient (Wildman–Crippen LogP) is 3.05. The second-order valence-electron chi connectivity index (χ2n) is 6.11. The Morgan fingerprint density at radius 3 is 2.74 bits per heavy atom. The summed E-state index contributed by atoms with van der Waals surface area (Å²) in [5.74, 6) is -0.812. The van der Waals surface area contributed by atoms with Crippen molar-refractivity contribution in [1.82, 2.24) is 14.5 Å². The molecule has 0 saturated carbocycles. The average molecular weight is 388 g/mol. The van der Waals surface area contributed by atoms with Gasteiger partial charge in [0.05, 0.1) is 41.6 Å². The van der Waals surface area contributed by atoms with Crippen LogP contribution in [0.5, 0.6) is 0 Å². The minimum Gasteiger partial charge on any atom is -0.462 e. The van der Waals surface area contributed by atoms with Crippen LogP contribution in [0.25, 0.3) is 10.9 Å². The summed E-state index contributed by atoms with van der Waals surface area (Å²) in [6, 6.07) is 4.77. The van der Waals surface area contributed by atoms with E-state index in [1.807, 2.05) is 0 Å². The highest BCUT2D eigenvalue weighted by Gasteiger charge is 2.23. The van der Waals surface area contributed by atoms with Crippen LogP contribution in [0.2, 0.25) is 5.02 Å². The number of H-pyrrole nitrogens is 1. The van der Waals surface area contributed by atoms with Crippen LogP contribution in [-0.4, -0.2) is 32.9 Å². The quantitative estimate of drug-likeness (QED) is 0.536. The van der Waals surface area contributed by atoms with Crippen molar-refractivity contribution in [3.05, 3.63) is 62.4 Å². The second-order valence-corrected chi connectivity index (χ2v) is 6.54. The van der Waals surface area contributed by atoms with Gasteiger partial charge in [-0.15, -0.1) is 0 Å². The van der Waals surface area contributed by atoms with Gasteiger partial charge in [0.25, 0.3) is 5.56 Å². The summed E-state index contributed by atoms with van der Waals surface area (Å²) in [6.45, 7) is 5.13. The monoisotopic (exact) mass is 387 g/mol. The number of aryl methyl sites for hydroxylation is 1. The number of Topliss-reactive ketones (excluding diaryl/α,β-unsaturated/α-hetero) is 1. The number of ether oxygens (including phenoxy) is 1. The molecule has 1 N–H and O–H groups in total. The fourth-order valence-corrected chi connectivity index (χ4v) is 3.18. The van der Waals surface area contributed by atoms with E-state index in [0.717, 1.165) is 0 Å². The lowest BCUT2D eigenvalue weighted by atomic mass is 10.1. The number of benzene rings is 1. The Morgan fingerprint density at radius 2 is 2.04 bits per heavy atom. The SMILES string of the molecule is CCOC(=O)c1c(C)[nH]c(C(=O)Cn2cnc3cc(Cl)ccc3c2=O)c1C. The van der Waals surface area contributed by atoms with Gasteiger partial charge in [-0.3, -0.25) is 14.2 Å². The number of halogens is 1. The molecule has 0 aliphatic heterocycles. The zero-order valence-corrected chi connectivity index (χ0v) is 15.9. The van der Waals surface area contributed by atoms with Gasteiger partial charge >= 0.3 is 5.97 Å². The third kappa shape index (κ3) is 3.50. The van der Waals surface area contributed by atoms with Crippen LogP contribution in [0.4, 0.5) is 0 Å². The summed E-state index contributed by atoms with van der Waals surface area (Å²) in [5.41, 5.74) is 1.80. The zero-order valence-electron chi connectivity index (χ0n) is 15.1. The Morgan fingerprint density at radius 1 is 1.30 bits per heavy atom. The zero-order chi connectivity index (χ0) is 19.7. The summed E-state index contributed by atoms with van der Waals surface area (Å²) >= 11 is 5.91. The molecule has 0 unspecified atom stereocenters. The molecule has 0 aliphatic carbocycles. The number of esters is 1. The van der Waals surface area contributed by atoms with E-state index >= 15 is 0 Å². The van der Waals surface area contributed by atoms with E-state index in [2.05, 4.69) is 9.97 Å². The average Bonchev–Trinajstić information content (AvgIpc) is 2.92. The number of hydrogen-bond acceptors (Lipinski definition) is 5. The maximum Gasteiger partial charge on any atom is 0.340 e. The largest absolute Gasteiger partial charge is 0.462 e. The predicted molar refractivity (Wildman–Crippen MR) is 102 cm³/mol. The van der Waals surface area contributed by atoms with Crippen LogP contribution in [0.3, 0.4) is 0 Å². The molecule has 0 aliphatic rings. The molecular formula is C19H18ClN3O4. The Labute approximate surface area is 159 Å². The number of aromatic amines is 1. The first-order valence-corrected chi connectivity index (χ1v) is 8.75. The van der Waals surface area contributed by atoms with Crippen molar-refractivity contribution in [2.45, 2.75) is 27.3 Å². The van der Waals surface area contributed by atoms with Gasteiger partial charge in [0.1, 0.15) is 0 Å². The fourth-order valence-electron chi connectivity index (χ4n) is 3.02. The van der Waals surface area contributed by atoms with E-state index in [9.17, 15) is 14.4 Å². The number of hydrogen-bond donors (Lipinski definition) is 1. The van der Waals surface area contributed by atoms with Crippen LogP contribution in [0.15, 0.2) is 29.3 Å². The van der Waals surface area contributed by atoms with Gasteiger partial charge in [-0.25, -0.2) is 9.78 Å². The van der Waals surface area contributed by atoms with E-state index in [1.54, 1.807) is 39.0 Å². The lowest BCUT2D eigenvalue weighted by Crippen LogP contribution is -2.25. The first kappa shape index (κ1) is 18.8. The highest BCUT2D eigenvalue weighted by molar-refractivity contribution is 6.31. The van der Waals surface area contributed by atoms with Gasteiger partial charge in [-0.2, -0.15) is 0 Å². The smallest absolute Gasteiger partial charge is 0.340 e. The normalized spacial score (nSPS) is 11.0. The van der Waals surface area contributed by atoms with Crippen LogP contribution in [0, 0.1) is 13.8 Å². The van der Waals surface area contributed by atoms with E-state index in [0.29, 0.717) is 32.7 Å². The molecule has 0 radical (unpaired) electrons. The molecule has 2 heterocycles. The first-order valence-electron chi connectivity index (χ1n) is 8.37. The molecule has 7 nitrogen and oxygen atoms in total. The summed E-state index contributed by atoms with van der Waals surface area (Å²) in [5, 5.41) is 0.855. The van der Waals surface area contributed by atoms with Crippen LogP contribution in [-0.2, 0) is 11.3 Å². The van der Waals surface area contributed by atoms with Gasteiger partial charge < -0.3 is 9.72 Å². The van der Waals surface area contributed by atoms with Crippen molar-refractivity contribution in [2.24, 2.45) is 0 Å². The number of rotatable bonds is 5. The van der Waals surface area contributed by atoms with E-state index in [-0.39, 0.29) is 30.2 Å². The van der Waals surface area contributed by atoms with Crippen molar-refractivity contribution in [3.63, 3.8) is 0 Å². The van der Waals surface area contributed by atoms with Crippen molar-refractivity contribution in [3.8, 4) is 0 Å². The molecule has 0 atom stereocenters. The molecule has 3 rings (SSSR count). The molecule has 3 aromatic rings. The summed E-state index contributed by atoms with van der Waals surface area (Å²) in [7, 11) is 0. The van der Waals surface area contributed by atoms with Gasteiger partial charge in [0.2, 0.25) is 0 Å². The topological polar surface area (TPSA) is 94.1 Å². The summed E-state index contributed by atoms with van der Waals surface area (Å²) in [6.07, 6.45) is 1.32. The Kier molecular flexibility index (Phi) is 5.14. The number of nitrogens with zero attached hydrogens (tertiary/aromatic N) is 2. The maximum atomic E-state index is 12.7. The standard InChI is InChI=1S/C19H18ClN3O4/c1-4-27-19(26)16-10(2)17(22-11(16)3)15(24)8-23-9-21-14-7-12(20)5-6-13(14)18(23)25/h5-7,9,22H,4,8H2,1-3H3. The molecule has 27 heavy (non-hydrogen) atoms. The number of aromatic nitrogens is 3. The fraction of sp³-hybridized carbons (Fsp3) is 0.263. The van der Waals surface area contributed by atoms with Gasteiger partial charge in [-0.05, 0) is 44.5 Å². The Bertz CT molecular complexity index is 1110. The number of carbonyl (C=O) groups excluding carboxylic acids is 2. The summed E-state index contributed by atoms with van der Waals surface area (Å²) < 4.78 is 6.27. The lowest BCUT2D eigenvalue weighted by molar-refractivity contribution is 0.0525. The molecule has 1 aromatic carbocycles. The Hall–Kier alpha value is -2.93.